The Labute approximate surface area is 190 Å². The van der Waals surface area contributed by atoms with E-state index in [1.165, 1.54) is 13.3 Å². The van der Waals surface area contributed by atoms with Crippen molar-refractivity contribution >= 4 is 28.7 Å². The molecule has 0 aliphatic carbocycles. The monoisotopic (exact) mass is 457 g/mol. The molecule has 10 heteroatoms. The molecule has 2 amide bonds. The lowest BCUT2D eigenvalue weighted by Crippen LogP contribution is -2.42. The van der Waals surface area contributed by atoms with E-state index in [1.54, 1.807) is 17.0 Å². The van der Waals surface area contributed by atoms with Crippen LogP contribution in [0.5, 0.6) is 11.5 Å². The molecule has 0 saturated carbocycles. The fraction of sp³-hybridized carbons (Fsp3) is 0.478. The molecule has 176 valence electrons. The Kier molecular flexibility index (Phi) is 6.52. The van der Waals surface area contributed by atoms with Crippen LogP contribution in [-0.2, 0) is 20.9 Å². The van der Waals surface area contributed by atoms with Crippen LogP contribution < -0.4 is 20.2 Å². The van der Waals surface area contributed by atoms with Crippen LogP contribution in [0.1, 0.15) is 36.5 Å². The smallest absolute Gasteiger partial charge is 0.308 e. The molecule has 1 N–H and O–H groups in total. The molecular weight excluding hydrogens is 430 g/mol. The van der Waals surface area contributed by atoms with E-state index in [0.717, 1.165) is 0 Å². The van der Waals surface area contributed by atoms with E-state index in [9.17, 15) is 19.2 Å². The lowest BCUT2D eigenvalue weighted by Gasteiger charge is -2.30. The summed E-state index contributed by atoms with van der Waals surface area (Å²) in [5.41, 5.74) is 0.269. The number of aromatic nitrogens is 1. The van der Waals surface area contributed by atoms with Crippen molar-refractivity contribution in [1.29, 1.82) is 0 Å². The summed E-state index contributed by atoms with van der Waals surface area (Å²) in [6.45, 7) is 3.63. The number of carbonyl (C=O) groups excluding carboxylic acids is 3. The molecule has 1 aromatic heterocycles. The number of likely N-dealkylation sites (tertiary alicyclic amines) is 1. The average molecular weight is 457 g/mol. The standard InChI is InChI=1S/C23H27N3O7/c1-3-25-12-16(21(28)15-10-18-19(11-17(15)25)33-13-32-18)22(29)24-7-4-20(27)26-8-5-14(6-9-26)23(30)31-2/h10-12,14H,3-9,13H2,1-2H3,(H,24,29). The summed E-state index contributed by atoms with van der Waals surface area (Å²) in [5.74, 6) is -0.0105. The largest absolute Gasteiger partial charge is 0.469 e. The third-order valence-corrected chi connectivity index (χ3v) is 6.17. The lowest BCUT2D eigenvalue weighted by atomic mass is 9.97. The lowest BCUT2D eigenvalue weighted by molar-refractivity contribution is -0.148. The molecule has 33 heavy (non-hydrogen) atoms. The molecule has 0 spiro atoms. The number of ether oxygens (including phenoxy) is 3. The van der Waals surface area contributed by atoms with Crippen LogP contribution in [0.4, 0.5) is 0 Å². The molecule has 1 aromatic carbocycles. The van der Waals surface area contributed by atoms with Crippen LogP contribution in [0.25, 0.3) is 10.9 Å². The van der Waals surface area contributed by atoms with Crippen molar-refractivity contribution in [3.05, 3.63) is 34.1 Å². The molecule has 10 nitrogen and oxygen atoms in total. The number of hydrogen-bond acceptors (Lipinski definition) is 7. The Morgan fingerprint density at radius 3 is 2.52 bits per heavy atom. The number of fused-ring (bicyclic) bond motifs is 2. The van der Waals surface area contributed by atoms with E-state index >= 15 is 0 Å². The number of aryl methyl sites for hydroxylation is 1. The summed E-state index contributed by atoms with van der Waals surface area (Å²) in [4.78, 5) is 51.6. The van der Waals surface area contributed by atoms with E-state index < -0.39 is 11.3 Å². The Bertz CT molecular complexity index is 1150. The fourth-order valence-electron chi connectivity index (χ4n) is 4.27. The number of nitrogens with one attached hydrogen (secondary N) is 1. The first-order valence-corrected chi connectivity index (χ1v) is 11.0. The molecule has 1 saturated heterocycles. The summed E-state index contributed by atoms with van der Waals surface area (Å²) < 4.78 is 17.3. The van der Waals surface area contributed by atoms with Crippen molar-refractivity contribution < 1.29 is 28.6 Å². The number of hydrogen-bond donors (Lipinski definition) is 1. The van der Waals surface area contributed by atoms with E-state index in [0.29, 0.717) is 54.9 Å². The third kappa shape index (κ3) is 4.50. The molecule has 1 fully saturated rings. The van der Waals surface area contributed by atoms with Gasteiger partial charge in [-0.3, -0.25) is 19.2 Å². The van der Waals surface area contributed by atoms with E-state index in [-0.39, 0.29) is 43.1 Å². The minimum Gasteiger partial charge on any atom is -0.469 e. The number of rotatable bonds is 6. The highest BCUT2D eigenvalue weighted by Gasteiger charge is 2.28. The van der Waals surface area contributed by atoms with Gasteiger partial charge in [-0.15, -0.1) is 0 Å². The molecule has 0 unspecified atom stereocenters. The maximum Gasteiger partial charge on any atom is 0.308 e. The van der Waals surface area contributed by atoms with Gasteiger partial charge < -0.3 is 29.0 Å². The average Bonchev–Trinajstić information content (AvgIpc) is 3.30. The zero-order valence-corrected chi connectivity index (χ0v) is 18.7. The Morgan fingerprint density at radius 2 is 1.85 bits per heavy atom. The van der Waals surface area contributed by atoms with Crippen LogP contribution in [0.3, 0.4) is 0 Å². The van der Waals surface area contributed by atoms with E-state index in [2.05, 4.69) is 5.32 Å². The molecule has 2 aromatic rings. The van der Waals surface area contributed by atoms with Gasteiger partial charge in [0.25, 0.3) is 5.91 Å². The number of pyridine rings is 1. The Hall–Kier alpha value is -3.56. The number of esters is 1. The number of carbonyl (C=O) groups is 3. The van der Waals surface area contributed by atoms with Gasteiger partial charge in [-0.2, -0.15) is 0 Å². The number of methoxy groups -OCH3 is 1. The third-order valence-electron chi connectivity index (χ3n) is 6.17. The maximum atomic E-state index is 13.0. The van der Waals surface area contributed by atoms with Gasteiger partial charge in [0, 0.05) is 44.9 Å². The van der Waals surface area contributed by atoms with Crippen LogP contribution in [-0.4, -0.2) is 60.8 Å². The van der Waals surface area contributed by atoms with Gasteiger partial charge >= 0.3 is 5.97 Å². The molecule has 2 aliphatic rings. The van der Waals surface area contributed by atoms with Gasteiger partial charge in [-0.1, -0.05) is 0 Å². The zero-order valence-electron chi connectivity index (χ0n) is 18.7. The highest BCUT2D eigenvalue weighted by molar-refractivity contribution is 5.98. The first kappa shape index (κ1) is 22.6. The molecule has 0 bridgehead atoms. The second-order valence-corrected chi connectivity index (χ2v) is 8.06. The highest BCUT2D eigenvalue weighted by atomic mass is 16.7. The van der Waals surface area contributed by atoms with Crippen molar-refractivity contribution in [3.8, 4) is 11.5 Å². The number of amides is 2. The van der Waals surface area contributed by atoms with Crippen LogP contribution >= 0.6 is 0 Å². The minimum absolute atomic E-state index is 0.00885. The molecule has 0 atom stereocenters. The Morgan fingerprint density at radius 1 is 1.15 bits per heavy atom. The summed E-state index contributed by atoms with van der Waals surface area (Å²) in [6, 6.07) is 3.34. The van der Waals surface area contributed by atoms with Gasteiger partial charge in [-0.25, -0.2) is 0 Å². The van der Waals surface area contributed by atoms with Gasteiger partial charge in [0.1, 0.15) is 5.56 Å². The predicted molar refractivity (Wildman–Crippen MR) is 118 cm³/mol. The summed E-state index contributed by atoms with van der Waals surface area (Å²) in [7, 11) is 1.36. The van der Waals surface area contributed by atoms with E-state index in [4.69, 9.17) is 14.2 Å². The van der Waals surface area contributed by atoms with Crippen LogP contribution in [0.2, 0.25) is 0 Å². The molecule has 0 radical (unpaired) electrons. The van der Waals surface area contributed by atoms with Crippen molar-refractivity contribution in [2.45, 2.75) is 32.7 Å². The highest BCUT2D eigenvalue weighted by Crippen LogP contribution is 2.35. The summed E-state index contributed by atoms with van der Waals surface area (Å²) in [6.07, 6.45) is 2.78. The minimum atomic E-state index is -0.529. The SMILES string of the molecule is CCn1cc(C(=O)NCCC(=O)N2CCC(C(=O)OC)CC2)c(=O)c2cc3c(cc21)OCO3. The van der Waals surface area contributed by atoms with Gasteiger partial charge in [0.15, 0.2) is 11.5 Å². The van der Waals surface area contributed by atoms with Crippen molar-refractivity contribution in [2.24, 2.45) is 5.92 Å². The van der Waals surface area contributed by atoms with Gasteiger partial charge in [-0.05, 0) is 25.8 Å². The summed E-state index contributed by atoms with van der Waals surface area (Å²) >= 11 is 0. The van der Waals surface area contributed by atoms with Crippen molar-refractivity contribution in [1.82, 2.24) is 14.8 Å². The molecule has 3 heterocycles. The molecular formula is C23H27N3O7. The maximum absolute atomic E-state index is 13.0. The summed E-state index contributed by atoms with van der Waals surface area (Å²) in [5, 5.41) is 3.06. The Balaban J connectivity index is 1.40. The number of benzene rings is 1. The van der Waals surface area contributed by atoms with Crippen molar-refractivity contribution in [3.63, 3.8) is 0 Å². The zero-order chi connectivity index (χ0) is 23.5. The first-order valence-electron chi connectivity index (χ1n) is 11.0. The molecule has 4 rings (SSSR count). The fourth-order valence-corrected chi connectivity index (χ4v) is 4.27. The number of nitrogens with zero attached hydrogens (tertiary/aromatic N) is 2. The van der Waals surface area contributed by atoms with Gasteiger partial charge in [0.05, 0.1) is 23.9 Å². The topological polar surface area (TPSA) is 116 Å². The van der Waals surface area contributed by atoms with E-state index in [1.807, 2.05) is 11.5 Å². The number of piperidine rings is 1. The van der Waals surface area contributed by atoms with Crippen molar-refractivity contribution in [2.75, 3.05) is 33.5 Å². The quantitative estimate of drug-likeness (QED) is 0.650. The van der Waals surface area contributed by atoms with Gasteiger partial charge in [0.2, 0.25) is 18.1 Å². The normalized spacial score (nSPS) is 15.5. The van der Waals surface area contributed by atoms with Crippen LogP contribution in [0, 0.1) is 5.92 Å². The molecule has 2 aliphatic heterocycles. The first-order chi connectivity index (χ1) is 15.9. The predicted octanol–water partition coefficient (Wildman–Crippen LogP) is 1.28. The second-order valence-electron chi connectivity index (χ2n) is 8.06. The second kappa shape index (κ2) is 9.51. The van der Waals surface area contributed by atoms with Crippen LogP contribution in [0.15, 0.2) is 23.1 Å².